The molecular formula is C8H15NO. The lowest BCUT2D eigenvalue weighted by atomic mass is 9.89. The summed E-state index contributed by atoms with van der Waals surface area (Å²) >= 11 is 0. The third-order valence-electron chi connectivity index (χ3n) is 3.00. The van der Waals surface area contributed by atoms with Gasteiger partial charge in [-0.3, -0.25) is 0 Å². The van der Waals surface area contributed by atoms with Crippen molar-refractivity contribution in [3.8, 4) is 0 Å². The molecule has 1 aliphatic carbocycles. The number of aliphatic hydroxyl groups excluding tert-OH is 1. The van der Waals surface area contributed by atoms with Crippen molar-refractivity contribution in [2.24, 2.45) is 11.8 Å². The summed E-state index contributed by atoms with van der Waals surface area (Å²) in [5.41, 5.74) is 0. The predicted octanol–water partition coefficient (Wildman–Crippen LogP) is 0.367. The Hall–Kier alpha value is -0.0800. The Kier molecular flexibility index (Phi) is 1.66. The zero-order valence-corrected chi connectivity index (χ0v) is 6.21. The van der Waals surface area contributed by atoms with E-state index < -0.39 is 0 Å². The fraction of sp³-hybridized carbons (Fsp3) is 1.00. The lowest BCUT2D eigenvalue weighted by Gasteiger charge is -2.27. The van der Waals surface area contributed by atoms with Crippen LogP contribution in [0.2, 0.25) is 0 Å². The average Bonchev–Trinajstić information content (AvgIpc) is 2.34. The number of nitrogens with one attached hydrogen (secondary N) is 1. The van der Waals surface area contributed by atoms with Crippen molar-refractivity contribution in [2.45, 2.75) is 25.4 Å². The van der Waals surface area contributed by atoms with Gasteiger partial charge in [0, 0.05) is 12.5 Å². The SMILES string of the molecule is O[C@@H]1CC[C@@H]2CCNC[C@@H]21. The van der Waals surface area contributed by atoms with Crippen molar-refractivity contribution >= 4 is 0 Å². The molecule has 58 valence electrons. The molecule has 0 aromatic rings. The molecule has 1 saturated carbocycles. The summed E-state index contributed by atoms with van der Waals surface area (Å²) in [4.78, 5) is 0. The second kappa shape index (κ2) is 2.51. The van der Waals surface area contributed by atoms with Crippen molar-refractivity contribution in [3.05, 3.63) is 0 Å². The van der Waals surface area contributed by atoms with Crippen LogP contribution in [0.3, 0.4) is 0 Å². The van der Waals surface area contributed by atoms with Crippen LogP contribution in [0.15, 0.2) is 0 Å². The van der Waals surface area contributed by atoms with Gasteiger partial charge in [0.15, 0.2) is 0 Å². The number of piperidine rings is 1. The largest absolute Gasteiger partial charge is 0.393 e. The first-order valence-electron chi connectivity index (χ1n) is 4.26. The Morgan fingerprint density at radius 1 is 1.20 bits per heavy atom. The number of hydrogen-bond acceptors (Lipinski definition) is 2. The monoisotopic (exact) mass is 141 g/mol. The molecule has 2 aliphatic rings. The van der Waals surface area contributed by atoms with Crippen molar-refractivity contribution < 1.29 is 5.11 Å². The van der Waals surface area contributed by atoms with Gasteiger partial charge < -0.3 is 10.4 Å². The first-order chi connectivity index (χ1) is 4.88. The molecule has 1 aliphatic heterocycles. The lowest BCUT2D eigenvalue weighted by Crippen LogP contribution is -2.38. The van der Waals surface area contributed by atoms with Gasteiger partial charge in [0.2, 0.25) is 0 Å². The van der Waals surface area contributed by atoms with E-state index >= 15 is 0 Å². The molecule has 2 N–H and O–H groups in total. The second-order valence-corrected chi connectivity index (χ2v) is 3.56. The van der Waals surface area contributed by atoms with Crippen LogP contribution in [0.4, 0.5) is 0 Å². The lowest BCUT2D eigenvalue weighted by molar-refractivity contribution is 0.104. The molecule has 2 fully saturated rings. The zero-order chi connectivity index (χ0) is 6.97. The Bertz CT molecular complexity index is 124. The van der Waals surface area contributed by atoms with E-state index in [4.69, 9.17) is 0 Å². The Morgan fingerprint density at radius 3 is 2.90 bits per heavy atom. The molecule has 0 aromatic heterocycles. The molecule has 0 aromatic carbocycles. The van der Waals surface area contributed by atoms with Crippen molar-refractivity contribution in [1.82, 2.24) is 5.32 Å². The number of aliphatic hydroxyl groups is 1. The third kappa shape index (κ3) is 0.956. The molecule has 2 rings (SSSR count). The van der Waals surface area contributed by atoms with Gasteiger partial charge in [-0.1, -0.05) is 0 Å². The topological polar surface area (TPSA) is 32.3 Å². The summed E-state index contributed by atoms with van der Waals surface area (Å²) < 4.78 is 0. The predicted molar refractivity (Wildman–Crippen MR) is 39.7 cm³/mol. The molecule has 10 heavy (non-hydrogen) atoms. The molecule has 0 bridgehead atoms. The minimum Gasteiger partial charge on any atom is -0.393 e. The van der Waals surface area contributed by atoms with Crippen LogP contribution in [0, 0.1) is 11.8 Å². The van der Waals surface area contributed by atoms with Crippen LogP contribution >= 0.6 is 0 Å². The molecule has 0 amide bonds. The summed E-state index contributed by atoms with van der Waals surface area (Å²) in [5.74, 6) is 1.41. The van der Waals surface area contributed by atoms with Crippen LogP contribution in [0.25, 0.3) is 0 Å². The zero-order valence-electron chi connectivity index (χ0n) is 6.21. The minimum atomic E-state index is -0.00204. The van der Waals surface area contributed by atoms with Gasteiger partial charge in [0.05, 0.1) is 6.10 Å². The molecule has 2 nitrogen and oxygen atoms in total. The van der Waals surface area contributed by atoms with Gasteiger partial charge in [-0.15, -0.1) is 0 Å². The van der Waals surface area contributed by atoms with Crippen LogP contribution in [-0.4, -0.2) is 24.3 Å². The third-order valence-corrected chi connectivity index (χ3v) is 3.00. The summed E-state index contributed by atoms with van der Waals surface area (Å²) in [5, 5.41) is 12.8. The van der Waals surface area contributed by atoms with Crippen LogP contribution < -0.4 is 5.32 Å². The number of rotatable bonds is 0. The summed E-state index contributed by atoms with van der Waals surface area (Å²) in [7, 11) is 0. The molecule has 3 atom stereocenters. The fourth-order valence-electron chi connectivity index (χ4n) is 2.34. The maximum atomic E-state index is 9.48. The maximum absolute atomic E-state index is 9.48. The van der Waals surface area contributed by atoms with E-state index in [2.05, 4.69) is 5.32 Å². The molecular weight excluding hydrogens is 126 g/mol. The highest BCUT2D eigenvalue weighted by Crippen LogP contribution is 2.35. The van der Waals surface area contributed by atoms with Crippen molar-refractivity contribution in [1.29, 1.82) is 0 Å². The van der Waals surface area contributed by atoms with E-state index in [-0.39, 0.29) is 6.10 Å². The van der Waals surface area contributed by atoms with Gasteiger partial charge in [0.1, 0.15) is 0 Å². The molecule has 0 unspecified atom stereocenters. The molecule has 0 spiro atoms. The summed E-state index contributed by atoms with van der Waals surface area (Å²) in [6.45, 7) is 2.21. The van der Waals surface area contributed by atoms with Crippen LogP contribution in [0.1, 0.15) is 19.3 Å². The van der Waals surface area contributed by atoms with Gasteiger partial charge >= 0.3 is 0 Å². The first-order valence-corrected chi connectivity index (χ1v) is 4.26. The number of hydrogen-bond donors (Lipinski definition) is 2. The quantitative estimate of drug-likeness (QED) is 0.510. The van der Waals surface area contributed by atoms with Gasteiger partial charge in [-0.05, 0) is 31.7 Å². The van der Waals surface area contributed by atoms with Gasteiger partial charge in [-0.2, -0.15) is 0 Å². The van der Waals surface area contributed by atoms with E-state index in [9.17, 15) is 5.11 Å². The fourth-order valence-corrected chi connectivity index (χ4v) is 2.34. The smallest absolute Gasteiger partial charge is 0.0583 e. The molecule has 0 radical (unpaired) electrons. The van der Waals surface area contributed by atoms with E-state index in [0.717, 1.165) is 25.4 Å². The standard InChI is InChI=1S/C8H15NO/c10-8-2-1-6-3-4-9-5-7(6)8/h6-10H,1-5H2/t6-,7+,8-/m1/s1. The Balaban J connectivity index is 2.01. The average molecular weight is 141 g/mol. The summed E-state index contributed by atoms with van der Waals surface area (Å²) in [6.07, 6.45) is 3.57. The van der Waals surface area contributed by atoms with E-state index in [1.807, 2.05) is 0 Å². The van der Waals surface area contributed by atoms with E-state index in [1.54, 1.807) is 0 Å². The van der Waals surface area contributed by atoms with Crippen LogP contribution in [-0.2, 0) is 0 Å². The molecule has 2 heteroatoms. The Morgan fingerprint density at radius 2 is 2.10 bits per heavy atom. The molecule has 1 saturated heterocycles. The highest BCUT2D eigenvalue weighted by atomic mass is 16.3. The summed E-state index contributed by atoms with van der Waals surface area (Å²) in [6, 6.07) is 0. The molecule has 1 heterocycles. The van der Waals surface area contributed by atoms with Gasteiger partial charge in [-0.25, -0.2) is 0 Å². The maximum Gasteiger partial charge on any atom is 0.0583 e. The van der Waals surface area contributed by atoms with Crippen LogP contribution in [0.5, 0.6) is 0 Å². The van der Waals surface area contributed by atoms with Crippen molar-refractivity contribution in [2.75, 3.05) is 13.1 Å². The van der Waals surface area contributed by atoms with E-state index in [0.29, 0.717) is 5.92 Å². The first kappa shape index (κ1) is 6.62. The normalized spacial score (nSPS) is 47.1. The highest BCUT2D eigenvalue weighted by Gasteiger charge is 2.35. The number of fused-ring (bicyclic) bond motifs is 1. The van der Waals surface area contributed by atoms with Gasteiger partial charge in [0.25, 0.3) is 0 Å². The van der Waals surface area contributed by atoms with Crippen molar-refractivity contribution in [3.63, 3.8) is 0 Å². The Labute approximate surface area is 61.6 Å². The highest BCUT2D eigenvalue weighted by molar-refractivity contribution is 4.88. The van der Waals surface area contributed by atoms with E-state index in [1.165, 1.54) is 12.8 Å². The minimum absolute atomic E-state index is 0.00204. The second-order valence-electron chi connectivity index (χ2n) is 3.56.